The lowest BCUT2D eigenvalue weighted by Gasteiger charge is -2.38. The zero-order chi connectivity index (χ0) is 13.9. The van der Waals surface area contributed by atoms with Gasteiger partial charge in [0.25, 0.3) is 0 Å². The molecule has 1 aliphatic rings. The number of amides is 3. The quantitative estimate of drug-likeness (QED) is 0.778. The Labute approximate surface area is 104 Å². The number of methoxy groups -OCH3 is 1. The van der Waals surface area contributed by atoms with Gasteiger partial charge in [-0.05, 0) is 6.42 Å². The van der Waals surface area contributed by atoms with Gasteiger partial charge in [-0.15, -0.1) is 0 Å². The number of hydrogen-bond donors (Lipinski definition) is 1. The Bertz CT molecular complexity index is 361. The molecule has 102 valence electrons. The van der Waals surface area contributed by atoms with E-state index in [-0.39, 0.29) is 18.7 Å². The number of ketones is 1. The van der Waals surface area contributed by atoms with Gasteiger partial charge in [-0.2, -0.15) is 0 Å². The first-order valence-electron chi connectivity index (χ1n) is 5.59. The topological polar surface area (TPSA) is 75.7 Å². The van der Waals surface area contributed by atoms with Crippen LogP contribution in [0.15, 0.2) is 0 Å². The molecular formula is C11H17FN2O4. The fourth-order valence-corrected chi connectivity index (χ4v) is 1.86. The molecular weight excluding hydrogens is 243 g/mol. The summed E-state index contributed by atoms with van der Waals surface area (Å²) < 4.78 is 17.9. The molecule has 0 spiro atoms. The Morgan fingerprint density at radius 1 is 1.44 bits per heavy atom. The molecule has 1 rings (SSSR count). The van der Waals surface area contributed by atoms with Crippen LogP contribution in [0.4, 0.5) is 9.18 Å². The third-order valence-electron chi connectivity index (χ3n) is 2.94. The molecule has 2 unspecified atom stereocenters. The smallest absolute Gasteiger partial charge is 0.324 e. The average Bonchev–Trinajstić information content (AvgIpc) is 2.24. The van der Waals surface area contributed by atoms with E-state index >= 15 is 0 Å². The zero-order valence-electron chi connectivity index (χ0n) is 10.6. The maximum absolute atomic E-state index is 13.0. The molecule has 18 heavy (non-hydrogen) atoms. The second-order valence-corrected chi connectivity index (χ2v) is 4.37. The highest BCUT2D eigenvalue weighted by molar-refractivity contribution is 5.95. The number of rotatable bonds is 4. The molecule has 0 aromatic heterocycles. The van der Waals surface area contributed by atoms with Gasteiger partial charge in [-0.3, -0.25) is 14.9 Å². The number of nitrogens with one attached hydrogen (secondary N) is 1. The molecule has 1 aliphatic carbocycles. The standard InChI is InChI=1S/C11H17FN2O4/c1-6(15)13-11(17)14(2)5-9(16)7-4-8(12)10(7)18-3/h7-8,10H,4-5H2,1-3H3,(H,13,15,17)/t7?,8?,10-/m1/s1. The third-order valence-corrected chi connectivity index (χ3v) is 2.94. The van der Waals surface area contributed by atoms with Gasteiger partial charge in [0.15, 0.2) is 5.78 Å². The minimum absolute atomic E-state index is 0.125. The Morgan fingerprint density at radius 2 is 2.06 bits per heavy atom. The average molecular weight is 260 g/mol. The Morgan fingerprint density at radius 3 is 2.50 bits per heavy atom. The maximum Gasteiger partial charge on any atom is 0.324 e. The molecule has 0 saturated heterocycles. The highest BCUT2D eigenvalue weighted by Crippen LogP contribution is 2.33. The van der Waals surface area contributed by atoms with Crippen molar-refractivity contribution in [2.75, 3.05) is 20.7 Å². The number of imide groups is 1. The van der Waals surface area contributed by atoms with E-state index in [1.807, 2.05) is 5.32 Å². The van der Waals surface area contributed by atoms with Crippen molar-refractivity contribution in [3.63, 3.8) is 0 Å². The van der Waals surface area contributed by atoms with Crippen LogP contribution in [0, 0.1) is 5.92 Å². The number of likely N-dealkylation sites (N-methyl/N-ethyl adjacent to an activating group) is 1. The normalized spacial score (nSPS) is 26.1. The fraction of sp³-hybridized carbons (Fsp3) is 0.727. The van der Waals surface area contributed by atoms with E-state index < -0.39 is 30.1 Å². The van der Waals surface area contributed by atoms with Crippen molar-refractivity contribution in [2.45, 2.75) is 25.6 Å². The van der Waals surface area contributed by atoms with Gasteiger partial charge >= 0.3 is 6.03 Å². The van der Waals surface area contributed by atoms with Crippen LogP contribution < -0.4 is 5.32 Å². The highest BCUT2D eigenvalue weighted by atomic mass is 19.1. The van der Waals surface area contributed by atoms with Gasteiger partial charge in [0.1, 0.15) is 6.17 Å². The summed E-state index contributed by atoms with van der Waals surface area (Å²) in [6.45, 7) is 1.03. The Balaban J connectivity index is 2.45. The molecule has 0 heterocycles. The van der Waals surface area contributed by atoms with E-state index in [0.717, 1.165) is 4.90 Å². The predicted molar refractivity (Wildman–Crippen MR) is 60.6 cm³/mol. The molecule has 0 radical (unpaired) electrons. The summed E-state index contributed by atoms with van der Waals surface area (Å²) in [4.78, 5) is 34.9. The van der Waals surface area contributed by atoms with Crippen LogP contribution in [0.5, 0.6) is 0 Å². The van der Waals surface area contributed by atoms with Crippen molar-refractivity contribution in [1.82, 2.24) is 10.2 Å². The number of Topliss-reactive ketones (excluding diaryl/α,β-unsaturated/α-hetero) is 1. The lowest BCUT2D eigenvalue weighted by Crippen LogP contribution is -2.52. The van der Waals surface area contributed by atoms with Gasteiger partial charge in [0, 0.05) is 21.1 Å². The van der Waals surface area contributed by atoms with Gasteiger partial charge in [-0.25, -0.2) is 9.18 Å². The molecule has 0 bridgehead atoms. The predicted octanol–water partition coefficient (Wildman–Crippen LogP) is 0.116. The molecule has 0 aromatic rings. The number of carbonyl (C=O) groups excluding carboxylic acids is 3. The number of hydrogen-bond acceptors (Lipinski definition) is 4. The molecule has 1 N–H and O–H groups in total. The van der Waals surface area contributed by atoms with E-state index in [2.05, 4.69) is 0 Å². The summed E-state index contributed by atoms with van der Waals surface area (Å²) in [6, 6.07) is -0.652. The molecule has 0 aliphatic heterocycles. The number of urea groups is 1. The molecule has 7 heteroatoms. The third kappa shape index (κ3) is 3.25. The summed E-state index contributed by atoms with van der Waals surface area (Å²) in [5, 5.41) is 2.05. The monoisotopic (exact) mass is 260 g/mol. The van der Waals surface area contributed by atoms with Crippen LogP contribution in [0.1, 0.15) is 13.3 Å². The second-order valence-electron chi connectivity index (χ2n) is 4.37. The Kier molecular flexibility index (Phi) is 4.77. The molecule has 3 atom stereocenters. The molecule has 3 amide bonds. The zero-order valence-corrected chi connectivity index (χ0v) is 10.6. The molecule has 0 aromatic carbocycles. The number of alkyl halides is 1. The summed E-state index contributed by atoms with van der Waals surface area (Å²) in [7, 11) is 2.74. The number of carbonyl (C=O) groups is 3. The van der Waals surface area contributed by atoms with Crippen molar-refractivity contribution in [1.29, 1.82) is 0 Å². The van der Waals surface area contributed by atoms with E-state index in [1.165, 1.54) is 21.1 Å². The summed E-state index contributed by atoms with van der Waals surface area (Å²) in [5.41, 5.74) is 0. The lowest BCUT2D eigenvalue weighted by atomic mass is 9.77. The maximum atomic E-state index is 13.0. The second kappa shape index (κ2) is 5.90. The van der Waals surface area contributed by atoms with E-state index in [4.69, 9.17) is 4.74 Å². The van der Waals surface area contributed by atoms with Gasteiger partial charge in [-0.1, -0.05) is 0 Å². The van der Waals surface area contributed by atoms with Crippen LogP contribution >= 0.6 is 0 Å². The minimum atomic E-state index is -1.12. The fourth-order valence-electron chi connectivity index (χ4n) is 1.86. The molecule has 1 saturated carbocycles. The number of nitrogens with zero attached hydrogens (tertiary/aromatic N) is 1. The first-order valence-corrected chi connectivity index (χ1v) is 5.59. The van der Waals surface area contributed by atoms with Crippen LogP contribution in [-0.2, 0) is 14.3 Å². The number of ether oxygens (including phenoxy) is 1. The summed E-state index contributed by atoms with van der Waals surface area (Å²) in [5.74, 6) is -1.28. The summed E-state index contributed by atoms with van der Waals surface area (Å²) >= 11 is 0. The molecule has 1 fully saturated rings. The van der Waals surface area contributed by atoms with Gasteiger partial charge in [0.2, 0.25) is 5.91 Å². The van der Waals surface area contributed by atoms with Gasteiger partial charge in [0.05, 0.1) is 18.6 Å². The van der Waals surface area contributed by atoms with Crippen molar-refractivity contribution in [3.8, 4) is 0 Å². The van der Waals surface area contributed by atoms with Crippen LogP contribution in [0.25, 0.3) is 0 Å². The van der Waals surface area contributed by atoms with E-state index in [1.54, 1.807) is 0 Å². The van der Waals surface area contributed by atoms with Crippen molar-refractivity contribution < 1.29 is 23.5 Å². The van der Waals surface area contributed by atoms with Crippen LogP contribution in [-0.4, -0.2) is 55.6 Å². The highest BCUT2D eigenvalue weighted by Gasteiger charge is 2.46. The van der Waals surface area contributed by atoms with Crippen LogP contribution in [0.3, 0.4) is 0 Å². The van der Waals surface area contributed by atoms with Crippen LogP contribution in [0.2, 0.25) is 0 Å². The Hall–Kier alpha value is -1.50. The van der Waals surface area contributed by atoms with Gasteiger partial charge < -0.3 is 9.64 Å². The van der Waals surface area contributed by atoms with Crippen molar-refractivity contribution in [3.05, 3.63) is 0 Å². The first kappa shape index (κ1) is 14.6. The lowest BCUT2D eigenvalue weighted by molar-refractivity contribution is -0.144. The largest absolute Gasteiger partial charge is 0.378 e. The first-order chi connectivity index (χ1) is 8.36. The minimum Gasteiger partial charge on any atom is -0.378 e. The number of halogens is 1. The van der Waals surface area contributed by atoms with Crippen molar-refractivity contribution >= 4 is 17.7 Å². The summed E-state index contributed by atoms with van der Waals surface area (Å²) in [6.07, 6.45) is -1.72. The van der Waals surface area contributed by atoms with E-state index in [9.17, 15) is 18.8 Å². The van der Waals surface area contributed by atoms with E-state index in [0.29, 0.717) is 0 Å². The SMILES string of the molecule is CO[C@H]1C(F)CC1C(=O)CN(C)C(=O)NC(C)=O. The van der Waals surface area contributed by atoms with Crippen molar-refractivity contribution in [2.24, 2.45) is 5.92 Å². The molecule has 6 nitrogen and oxygen atoms in total.